The van der Waals surface area contributed by atoms with Crippen molar-refractivity contribution in [1.29, 1.82) is 0 Å². The highest BCUT2D eigenvalue weighted by Crippen LogP contribution is 2.24. The summed E-state index contributed by atoms with van der Waals surface area (Å²) in [6.07, 6.45) is 0. The van der Waals surface area contributed by atoms with Crippen LogP contribution in [0.15, 0.2) is 51.7 Å². The van der Waals surface area contributed by atoms with Crippen molar-refractivity contribution in [1.82, 2.24) is 5.32 Å². The molecule has 0 saturated carbocycles. The number of halogens is 1. The van der Waals surface area contributed by atoms with Gasteiger partial charge in [0.15, 0.2) is 11.3 Å². The van der Waals surface area contributed by atoms with E-state index in [1.54, 1.807) is 37.3 Å². The molecule has 128 valence electrons. The average Bonchev–Trinajstić information content (AvgIpc) is 2.61. The Labute approximate surface area is 143 Å². The van der Waals surface area contributed by atoms with Gasteiger partial charge in [-0.25, -0.2) is 9.18 Å². The zero-order chi connectivity index (χ0) is 18.0. The van der Waals surface area contributed by atoms with Crippen molar-refractivity contribution in [3.05, 3.63) is 75.4 Å². The molecule has 3 rings (SSSR count). The Morgan fingerprint density at radius 3 is 2.76 bits per heavy atom. The third kappa shape index (κ3) is 3.38. The van der Waals surface area contributed by atoms with E-state index in [2.05, 4.69) is 5.32 Å². The van der Waals surface area contributed by atoms with Crippen LogP contribution >= 0.6 is 0 Å². The van der Waals surface area contributed by atoms with E-state index < -0.39 is 11.5 Å². The van der Waals surface area contributed by atoms with Gasteiger partial charge in [0.05, 0.1) is 7.11 Å². The summed E-state index contributed by atoms with van der Waals surface area (Å²) in [5.74, 6) is -0.514. The van der Waals surface area contributed by atoms with E-state index >= 15 is 0 Å². The van der Waals surface area contributed by atoms with E-state index in [0.717, 1.165) is 0 Å². The van der Waals surface area contributed by atoms with Crippen LogP contribution in [0.25, 0.3) is 11.0 Å². The molecule has 0 aliphatic rings. The van der Waals surface area contributed by atoms with Crippen molar-refractivity contribution in [3.63, 3.8) is 0 Å². The van der Waals surface area contributed by atoms with Crippen molar-refractivity contribution >= 4 is 16.9 Å². The minimum atomic E-state index is -0.760. The number of hydrogen-bond donors (Lipinski definition) is 1. The molecular formula is C19H16FNO4. The number of rotatable bonds is 4. The summed E-state index contributed by atoms with van der Waals surface area (Å²) in [5.41, 5.74) is 0.535. The van der Waals surface area contributed by atoms with Crippen LogP contribution in [-0.2, 0) is 6.54 Å². The molecule has 25 heavy (non-hydrogen) atoms. The summed E-state index contributed by atoms with van der Waals surface area (Å²) in [4.78, 5) is 24.4. The van der Waals surface area contributed by atoms with E-state index in [0.29, 0.717) is 22.3 Å². The van der Waals surface area contributed by atoms with E-state index in [1.807, 2.05) is 0 Å². The standard InChI is InChI=1S/C19H16FNO4/c1-11-6-7-12(8-15(11)20)10-21-18(22)14-9-13-4-3-5-16(24-2)17(13)25-19(14)23/h3-9H,10H2,1-2H3,(H,21,22). The number of carbonyl (C=O) groups excluding carboxylic acids is 1. The molecule has 0 radical (unpaired) electrons. The van der Waals surface area contributed by atoms with Crippen LogP contribution in [0.1, 0.15) is 21.5 Å². The Morgan fingerprint density at radius 2 is 2.04 bits per heavy atom. The highest BCUT2D eigenvalue weighted by molar-refractivity contribution is 5.97. The lowest BCUT2D eigenvalue weighted by atomic mass is 10.1. The van der Waals surface area contributed by atoms with Gasteiger partial charge in [-0.2, -0.15) is 0 Å². The maximum absolute atomic E-state index is 13.5. The van der Waals surface area contributed by atoms with Crippen LogP contribution in [0.3, 0.4) is 0 Å². The maximum atomic E-state index is 13.5. The molecule has 6 heteroatoms. The van der Waals surface area contributed by atoms with Gasteiger partial charge in [-0.15, -0.1) is 0 Å². The lowest BCUT2D eigenvalue weighted by Crippen LogP contribution is -2.27. The lowest BCUT2D eigenvalue weighted by Gasteiger charge is -2.07. The van der Waals surface area contributed by atoms with Gasteiger partial charge in [0.1, 0.15) is 11.4 Å². The fraction of sp³-hybridized carbons (Fsp3) is 0.158. The number of amides is 1. The summed E-state index contributed by atoms with van der Waals surface area (Å²) in [7, 11) is 1.47. The number of aryl methyl sites for hydroxylation is 1. The molecule has 0 fully saturated rings. The second-order valence-electron chi connectivity index (χ2n) is 5.59. The maximum Gasteiger partial charge on any atom is 0.349 e. The third-order valence-electron chi connectivity index (χ3n) is 3.88. The van der Waals surface area contributed by atoms with E-state index in [4.69, 9.17) is 9.15 Å². The monoisotopic (exact) mass is 341 g/mol. The Balaban J connectivity index is 1.85. The summed E-state index contributed by atoms with van der Waals surface area (Å²) in [6, 6.07) is 11.3. The number of fused-ring (bicyclic) bond motifs is 1. The summed E-state index contributed by atoms with van der Waals surface area (Å²) < 4.78 is 23.9. The molecule has 0 bridgehead atoms. The van der Waals surface area contributed by atoms with Crippen LogP contribution in [-0.4, -0.2) is 13.0 Å². The molecule has 1 aromatic heterocycles. The first-order chi connectivity index (χ1) is 12.0. The van der Waals surface area contributed by atoms with Gasteiger partial charge in [0, 0.05) is 11.9 Å². The first-order valence-corrected chi connectivity index (χ1v) is 7.63. The largest absolute Gasteiger partial charge is 0.493 e. The molecular weight excluding hydrogens is 325 g/mol. The summed E-state index contributed by atoms with van der Waals surface area (Å²) >= 11 is 0. The predicted octanol–water partition coefficient (Wildman–Crippen LogP) is 3.18. The first-order valence-electron chi connectivity index (χ1n) is 7.63. The predicted molar refractivity (Wildman–Crippen MR) is 91.3 cm³/mol. The van der Waals surface area contributed by atoms with Gasteiger partial charge < -0.3 is 14.5 Å². The fourth-order valence-electron chi connectivity index (χ4n) is 2.46. The molecule has 1 N–H and O–H groups in total. The second-order valence-corrected chi connectivity index (χ2v) is 5.59. The number of nitrogens with one attached hydrogen (secondary N) is 1. The number of para-hydroxylation sites is 1. The topological polar surface area (TPSA) is 68.5 Å². The molecule has 0 atom stereocenters. The molecule has 0 aliphatic carbocycles. The molecule has 1 amide bonds. The van der Waals surface area contributed by atoms with Gasteiger partial charge in [-0.05, 0) is 36.2 Å². The van der Waals surface area contributed by atoms with Gasteiger partial charge in [0.2, 0.25) is 0 Å². The Kier molecular flexibility index (Phi) is 4.52. The van der Waals surface area contributed by atoms with E-state index in [1.165, 1.54) is 19.2 Å². The fourth-order valence-corrected chi connectivity index (χ4v) is 2.46. The Hall–Kier alpha value is -3.15. The number of ether oxygens (including phenoxy) is 1. The minimum Gasteiger partial charge on any atom is -0.493 e. The van der Waals surface area contributed by atoms with Crippen molar-refractivity contribution in [3.8, 4) is 5.75 Å². The third-order valence-corrected chi connectivity index (χ3v) is 3.88. The van der Waals surface area contributed by atoms with Crippen LogP contribution in [0, 0.1) is 12.7 Å². The van der Waals surface area contributed by atoms with Crippen molar-refractivity contribution in [2.24, 2.45) is 0 Å². The molecule has 0 saturated heterocycles. The Bertz CT molecular complexity index is 1010. The molecule has 2 aromatic carbocycles. The Morgan fingerprint density at radius 1 is 1.24 bits per heavy atom. The molecule has 0 unspecified atom stereocenters. The average molecular weight is 341 g/mol. The molecule has 5 nitrogen and oxygen atoms in total. The van der Waals surface area contributed by atoms with Crippen molar-refractivity contribution < 1.29 is 18.3 Å². The van der Waals surface area contributed by atoms with Gasteiger partial charge in [-0.3, -0.25) is 4.79 Å². The number of carbonyl (C=O) groups is 1. The molecule has 0 aliphatic heterocycles. The van der Waals surface area contributed by atoms with Crippen LogP contribution in [0.2, 0.25) is 0 Å². The lowest BCUT2D eigenvalue weighted by molar-refractivity contribution is 0.0947. The normalized spacial score (nSPS) is 10.7. The van der Waals surface area contributed by atoms with Crippen LogP contribution in [0.5, 0.6) is 5.75 Å². The van der Waals surface area contributed by atoms with E-state index in [-0.39, 0.29) is 23.5 Å². The summed E-state index contributed by atoms with van der Waals surface area (Å²) in [5, 5.41) is 3.17. The van der Waals surface area contributed by atoms with Gasteiger partial charge in [0.25, 0.3) is 5.91 Å². The van der Waals surface area contributed by atoms with E-state index in [9.17, 15) is 14.0 Å². The van der Waals surface area contributed by atoms with Crippen LogP contribution in [0.4, 0.5) is 4.39 Å². The molecule has 3 aromatic rings. The smallest absolute Gasteiger partial charge is 0.349 e. The summed E-state index contributed by atoms with van der Waals surface area (Å²) in [6.45, 7) is 1.76. The second kappa shape index (κ2) is 6.76. The zero-order valence-electron chi connectivity index (χ0n) is 13.8. The zero-order valence-corrected chi connectivity index (χ0v) is 13.8. The number of benzene rings is 2. The number of hydrogen-bond acceptors (Lipinski definition) is 4. The SMILES string of the molecule is COc1cccc2cc(C(=O)NCc3ccc(C)c(F)c3)c(=O)oc12. The minimum absolute atomic E-state index is 0.103. The number of methoxy groups -OCH3 is 1. The van der Waals surface area contributed by atoms with Gasteiger partial charge in [-0.1, -0.05) is 24.3 Å². The quantitative estimate of drug-likeness (QED) is 0.740. The molecule has 0 spiro atoms. The van der Waals surface area contributed by atoms with Crippen molar-refractivity contribution in [2.75, 3.05) is 7.11 Å². The first kappa shape index (κ1) is 16.7. The highest BCUT2D eigenvalue weighted by atomic mass is 19.1. The van der Waals surface area contributed by atoms with Gasteiger partial charge >= 0.3 is 5.63 Å². The highest BCUT2D eigenvalue weighted by Gasteiger charge is 2.15. The van der Waals surface area contributed by atoms with Crippen molar-refractivity contribution in [2.45, 2.75) is 13.5 Å². The molecule has 1 heterocycles. The van der Waals surface area contributed by atoms with Crippen LogP contribution < -0.4 is 15.7 Å².